The Labute approximate surface area is 175 Å². The molecule has 2 heterocycles. The molecule has 3 rings (SSSR count). The molecule has 2 aliphatic rings. The minimum atomic E-state index is 0. The molecular formula is C18H27BrIN3O2. The van der Waals surface area contributed by atoms with Crippen molar-refractivity contribution >= 4 is 45.9 Å². The van der Waals surface area contributed by atoms with E-state index in [1.54, 1.807) is 0 Å². The number of nitrogens with one attached hydrogen (secondary N) is 1. The van der Waals surface area contributed by atoms with E-state index in [1.807, 2.05) is 31.3 Å². The number of benzene rings is 1. The van der Waals surface area contributed by atoms with Gasteiger partial charge in [0, 0.05) is 32.2 Å². The number of ether oxygens (including phenoxy) is 2. The maximum absolute atomic E-state index is 5.99. The number of para-hydroxylation sites is 1. The van der Waals surface area contributed by atoms with Gasteiger partial charge in [-0.2, -0.15) is 0 Å². The fourth-order valence-corrected chi connectivity index (χ4v) is 3.83. The molecule has 2 aliphatic heterocycles. The fourth-order valence-electron chi connectivity index (χ4n) is 3.45. The molecule has 7 heteroatoms. The smallest absolute Gasteiger partial charge is 0.193 e. The Bertz CT molecular complexity index is 593. The third-order valence-electron chi connectivity index (χ3n) is 4.85. The largest absolute Gasteiger partial charge is 0.488 e. The van der Waals surface area contributed by atoms with Crippen LogP contribution in [0.1, 0.15) is 19.8 Å². The lowest BCUT2D eigenvalue weighted by Gasteiger charge is -2.26. The van der Waals surface area contributed by atoms with E-state index in [4.69, 9.17) is 9.47 Å². The van der Waals surface area contributed by atoms with E-state index in [-0.39, 0.29) is 30.1 Å². The van der Waals surface area contributed by atoms with Gasteiger partial charge in [0.2, 0.25) is 0 Å². The van der Waals surface area contributed by atoms with E-state index in [9.17, 15) is 0 Å². The second-order valence-corrected chi connectivity index (χ2v) is 7.62. The second-order valence-electron chi connectivity index (χ2n) is 6.76. The van der Waals surface area contributed by atoms with E-state index in [2.05, 4.69) is 38.1 Å². The number of rotatable bonds is 4. The number of hydrogen-bond acceptors (Lipinski definition) is 3. The third-order valence-corrected chi connectivity index (χ3v) is 5.50. The van der Waals surface area contributed by atoms with Gasteiger partial charge in [-0.25, -0.2) is 0 Å². The monoisotopic (exact) mass is 523 g/mol. The van der Waals surface area contributed by atoms with Crippen molar-refractivity contribution in [3.63, 3.8) is 0 Å². The lowest BCUT2D eigenvalue weighted by atomic mass is 9.87. The van der Waals surface area contributed by atoms with Gasteiger partial charge < -0.3 is 19.7 Å². The molecule has 1 aromatic rings. The lowest BCUT2D eigenvalue weighted by molar-refractivity contribution is 0.156. The van der Waals surface area contributed by atoms with Crippen LogP contribution in [-0.4, -0.2) is 56.9 Å². The van der Waals surface area contributed by atoms with Crippen molar-refractivity contribution in [2.24, 2.45) is 10.4 Å². The molecule has 2 fully saturated rings. The van der Waals surface area contributed by atoms with Crippen molar-refractivity contribution in [2.45, 2.75) is 25.9 Å². The summed E-state index contributed by atoms with van der Waals surface area (Å²) in [6.45, 7) is 6.65. The van der Waals surface area contributed by atoms with Crippen molar-refractivity contribution in [2.75, 3.05) is 39.9 Å². The maximum atomic E-state index is 5.99. The summed E-state index contributed by atoms with van der Waals surface area (Å²) in [5, 5.41) is 3.45. The molecule has 0 aliphatic carbocycles. The summed E-state index contributed by atoms with van der Waals surface area (Å²) >= 11 is 3.52. The normalized spacial score (nSPS) is 24.3. The Hall–Kier alpha value is -0.540. The first-order valence-electron chi connectivity index (χ1n) is 8.56. The van der Waals surface area contributed by atoms with Crippen molar-refractivity contribution in [1.29, 1.82) is 0 Å². The molecule has 25 heavy (non-hydrogen) atoms. The van der Waals surface area contributed by atoms with Gasteiger partial charge in [0.15, 0.2) is 5.96 Å². The second kappa shape index (κ2) is 9.41. The Morgan fingerprint density at radius 2 is 2.24 bits per heavy atom. The fraction of sp³-hybridized carbons (Fsp3) is 0.611. The zero-order valence-corrected chi connectivity index (χ0v) is 18.7. The van der Waals surface area contributed by atoms with Gasteiger partial charge in [0.1, 0.15) is 11.9 Å². The molecule has 1 aromatic carbocycles. The van der Waals surface area contributed by atoms with Crippen LogP contribution in [-0.2, 0) is 4.74 Å². The minimum absolute atomic E-state index is 0. The number of aliphatic imine (C=N–C) groups is 1. The van der Waals surface area contributed by atoms with Gasteiger partial charge in [-0.1, -0.05) is 12.1 Å². The minimum Gasteiger partial charge on any atom is -0.488 e. The summed E-state index contributed by atoms with van der Waals surface area (Å²) < 4.78 is 12.6. The van der Waals surface area contributed by atoms with Crippen molar-refractivity contribution < 1.29 is 9.47 Å². The highest BCUT2D eigenvalue weighted by atomic mass is 127. The highest BCUT2D eigenvalue weighted by Gasteiger charge is 2.42. The molecule has 0 radical (unpaired) electrons. The van der Waals surface area contributed by atoms with Crippen molar-refractivity contribution in [3.8, 4) is 5.75 Å². The first kappa shape index (κ1) is 20.8. The first-order chi connectivity index (χ1) is 11.6. The van der Waals surface area contributed by atoms with Crippen molar-refractivity contribution in [3.05, 3.63) is 28.7 Å². The van der Waals surface area contributed by atoms with E-state index in [0.29, 0.717) is 12.0 Å². The van der Waals surface area contributed by atoms with Crippen LogP contribution in [0.2, 0.25) is 0 Å². The summed E-state index contributed by atoms with van der Waals surface area (Å²) in [4.78, 5) is 6.79. The average molecular weight is 524 g/mol. The Kier molecular flexibility index (Phi) is 7.82. The molecule has 0 saturated carbocycles. The molecule has 2 atom stereocenters. The summed E-state index contributed by atoms with van der Waals surface area (Å²) in [5.41, 5.74) is 0.342. The third kappa shape index (κ3) is 5.23. The predicted octanol–water partition coefficient (Wildman–Crippen LogP) is 3.52. The summed E-state index contributed by atoms with van der Waals surface area (Å²) in [7, 11) is 1.85. The van der Waals surface area contributed by atoms with Gasteiger partial charge in [-0.3, -0.25) is 4.99 Å². The van der Waals surface area contributed by atoms with Gasteiger partial charge >= 0.3 is 0 Å². The summed E-state index contributed by atoms with van der Waals surface area (Å²) in [6, 6.07) is 7.92. The number of hydrogen-bond donors (Lipinski definition) is 1. The average Bonchev–Trinajstić information content (AvgIpc) is 3.21. The van der Waals surface area contributed by atoms with Crippen LogP contribution < -0.4 is 10.1 Å². The standard InChI is InChI=1S/C18H26BrN3O2.HI/c1-14(24-16-6-4-3-5-15(16)19)11-21-17(20-2)22-9-7-18(12-22)8-10-23-13-18;/h3-6,14H,7-13H2,1-2H3,(H,20,21);1H. The summed E-state index contributed by atoms with van der Waals surface area (Å²) in [5.74, 6) is 1.83. The molecule has 0 aromatic heterocycles. The molecule has 2 unspecified atom stereocenters. The van der Waals surface area contributed by atoms with E-state index in [1.165, 1.54) is 12.8 Å². The molecule has 1 N–H and O–H groups in total. The van der Waals surface area contributed by atoms with Gasteiger partial charge in [-0.15, -0.1) is 24.0 Å². The zero-order chi connectivity index (χ0) is 17.0. The van der Waals surface area contributed by atoms with Crippen LogP contribution in [0.3, 0.4) is 0 Å². The number of likely N-dealkylation sites (tertiary alicyclic amines) is 1. The van der Waals surface area contributed by atoms with Crippen LogP contribution in [0.25, 0.3) is 0 Å². The SMILES string of the molecule is CN=C(NCC(C)Oc1ccccc1Br)N1CCC2(CCOC2)C1.I. The number of halogens is 2. The zero-order valence-electron chi connectivity index (χ0n) is 14.8. The maximum Gasteiger partial charge on any atom is 0.193 e. The topological polar surface area (TPSA) is 46.1 Å². The predicted molar refractivity (Wildman–Crippen MR) is 115 cm³/mol. The van der Waals surface area contributed by atoms with Crippen molar-refractivity contribution in [1.82, 2.24) is 10.2 Å². The van der Waals surface area contributed by atoms with Crippen LogP contribution in [0, 0.1) is 5.41 Å². The first-order valence-corrected chi connectivity index (χ1v) is 9.36. The molecule has 0 bridgehead atoms. The Morgan fingerprint density at radius 3 is 2.92 bits per heavy atom. The van der Waals surface area contributed by atoms with Gasteiger partial charge in [0.25, 0.3) is 0 Å². The van der Waals surface area contributed by atoms with Crippen LogP contribution in [0.4, 0.5) is 0 Å². The number of nitrogens with zero attached hydrogens (tertiary/aromatic N) is 2. The van der Waals surface area contributed by atoms with Crippen LogP contribution in [0.15, 0.2) is 33.7 Å². The molecular weight excluding hydrogens is 497 g/mol. The molecule has 140 valence electrons. The molecule has 5 nitrogen and oxygen atoms in total. The highest BCUT2D eigenvalue weighted by molar-refractivity contribution is 14.0. The molecule has 2 saturated heterocycles. The van der Waals surface area contributed by atoms with Crippen LogP contribution >= 0.6 is 39.9 Å². The van der Waals surface area contributed by atoms with Gasteiger partial charge in [-0.05, 0) is 47.8 Å². The lowest BCUT2D eigenvalue weighted by Crippen LogP contribution is -2.44. The van der Waals surface area contributed by atoms with Crippen LogP contribution in [0.5, 0.6) is 5.75 Å². The number of guanidine groups is 1. The molecule has 1 spiro atoms. The summed E-state index contributed by atoms with van der Waals surface area (Å²) in [6.07, 6.45) is 2.41. The van der Waals surface area contributed by atoms with Gasteiger partial charge in [0.05, 0.1) is 17.6 Å². The van der Waals surface area contributed by atoms with E-state index < -0.39 is 0 Å². The van der Waals surface area contributed by atoms with E-state index >= 15 is 0 Å². The Morgan fingerprint density at radius 1 is 1.44 bits per heavy atom. The highest BCUT2D eigenvalue weighted by Crippen LogP contribution is 2.38. The quantitative estimate of drug-likeness (QED) is 0.372. The Balaban J connectivity index is 0.00000225. The van der Waals surface area contributed by atoms with E-state index in [0.717, 1.165) is 42.5 Å². The molecule has 0 amide bonds.